The number of rotatable bonds is 2. The minimum absolute atomic E-state index is 0.551. The second kappa shape index (κ2) is 6.14. The molecule has 26 heavy (non-hydrogen) atoms. The monoisotopic (exact) mass is 344 g/mol. The normalized spacial score (nSPS) is 15.7. The molecule has 0 amide bonds. The Labute approximate surface area is 151 Å². The van der Waals surface area contributed by atoms with E-state index in [0.717, 1.165) is 59.3 Å². The molecule has 0 aliphatic carbocycles. The Kier molecular flexibility index (Phi) is 3.64. The minimum atomic E-state index is 0.551. The Morgan fingerprint density at radius 3 is 2.65 bits per heavy atom. The zero-order chi connectivity index (χ0) is 17.5. The molecule has 5 heterocycles. The van der Waals surface area contributed by atoms with E-state index in [1.165, 1.54) is 5.69 Å². The standard InChI is InChI=1S/C20H20N6/c1-26-12-14-10-19(22-11-20(14)25-26)18-5-4-16-17(24-18)3-2-15(23-16)13-6-8-21-9-7-13/h2-5,10-13,21H,6-9H2,1H3. The largest absolute Gasteiger partial charge is 0.317 e. The zero-order valence-corrected chi connectivity index (χ0v) is 14.7. The van der Waals surface area contributed by atoms with Crippen LogP contribution >= 0.6 is 0 Å². The minimum Gasteiger partial charge on any atom is -0.317 e. The van der Waals surface area contributed by atoms with Crippen molar-refractivity contribution >= 4 is 21.9 Å². The molecule has 0 atom stereocenters. The summed E-state index contributed by atoms with van der Waals surface area (Å²) in [6.07, 6.45) is 6.10. The van der Waals surface area contributed by atoms with Crippen molar-refractivity contribution in [2.75, 3.05) is 13.1 Å². The number of hydrogen-bond donors (Lipinski definition) is 1. The Hall–Kier alpha value is -2.86. The van der Waals surface area contributed by atoms with E-state index in [1.807, 2.05) is 25.4 Å². The second-order valence-electron chi connectivity index (χ2n) is 6.93. The first-order valence-electron chi connectivity index (χ1n) is 9.04. The van der Waals surface area contributed by atoms with Gasteiger partial charge in [0.25, 0.3) is 0 Å². The first-order chi connectivity index (χ1) is 12.8. The van der Waals surface area contributed by atoms with Crippen molar-refractivity contribution in [3.63, 3.8) is 0 Å². The average Bonchev–Trinajstić information content (AvgIpc) is 3.07. The van der Waals surface area contributed by atoms with Crippen LogP contribution in [0.3, 0.4) is 0 Å². The van der Waals surface area contributed by atoms with Gasteiger partial charge in [-0.25, -0.2) is 4.98 Å². The molecule has 4 aromatic heterocycles. The molecule has 0 saturated carbocycles. The molecule has 1 aliphatic rings. The van der Waals surface area contributed by atoms with Crippen LogP contribution in [0.2, 0.25) is 0 Å². The van der Waals surface area contributed by atoms with Crippen molar-refractivity contribution in [2.45, 2.75) is 18.8 Å². The molecule has 1 aliphatic heterocycles. The van der Waals surface area contributed by atoms with E-state index < -0.39 is 0 Å². The van der Waals surface area contributed by atoms with Crippen LogP contribution in [0, 0.1) is 0 Å². The van der Waals surface area contributed by atoms with E-state index in [4.69, 9.17) is 9.97 Å². The summed E-state index contributed by atoms with van der Waals surface area (Å²) in [6.45, 7) is 2.15. The maximum absolute atomic E-state index is 4.86. The summed E-state index contributed by atoms with van der Waals surface area (Å²) in [5, 5.41) is 8.85. The highest BCUT2D eigenvalue weighted by Crippen LogP contribution is 2.26. The number of fused-ring (bicyclic) bond motifs is 2. The van der Waals surface area contributed by atoms with Gasteiger partial charge >= 0.3 is 0 Å². The predicted molar refractivity (Wildman–Crippen MR) is 102 cm³/mol. The molecule has 1 N–H and O–H groups in total. The summed E-state index contributed by atoms with van der Waals surface area (Å²) in [6, 6.07) is 10.3. The predicted octanol–water partition coefficient (Wildman–Crippen LogP) is 3.05. The third kappa shape index (κ3) is 2.72. The van der Waals surface area contributed by atoms with E-state index in [-0.39, 0.29) is 0 Å². The molecule has 6 nitrogen and oxygen atoms in total. The average molecular weight is 344 g/mol. The van der Waals surface area contributed by atoms with Crippen molar-refractivity contribution in [3.8, 4) is 11.4 Å². The van der Waals surface area contributed by atoms with E-state index >= 15 is 0 Å². The maximum atomic E-state index is 4.86. The Bertz CT molecular complexity index is 1090. The summed E-state index contributed by atoms with van der Waals surface area (Å²) >= 11 is 0. The second-order valence-corrected chi connectivity index (χ2v) is 6.93. The molecule has 6 heteroatoms. The van der Waals surface area contributed by atoms with Crippen LogP contribution in [0.15, 0.2) is 42.7 Å². The molecular formula is C20H20N6. The molecule has 0 aromatic carbocycles. The number of piperidine rings is 1. The summed E-state index contributed by atoms with van der Waals surface area (Å²) in [4.78, 5) is 14.2. The molecule has 0 spiro atoms. The zero-order valence-electron chi connectivity index (χ0n) is 14.7. The molecule has 0 unspecified atom stereocenters. The molecule has 4 aromatic rings. The fourth-order valence-corrected chi connectivity index (χ4v) is 3.70. The van der Waals surface area contributed by atoms with Crippen molar-refractivity contribution in [1.29, 1.82) is 0 Å². The number of pyridine rings is 3. The van der Waals surface area contributed by atoms with E-state index in [1.54, 1.807) is 10.9 Å². The van der Waals surface area contributed by atoms with Gasteiger partial charge in [-0.2, -0.15) is 5.10 Å². The van der Waals surface area contributed by atoms with Gasteiger partial charge in [-0.1, -0.05) is 0 Å². The summed E-state index contributed by atoms with van der Waals surface area (Å²) in [5.74, 6) is 0.551. The van der Waals surface area contributed by atoms with Gasteiger partial charge < -0.3 is 5.32 Å². The topological polar surface area (TPSA) is 68.5 Å². The van der Waals surface area contributed by atoms with Crippen LogP contribution in [0.5, 0.6) is 0 Å². The SMILES string of the molecule is Cn1cc2cc(-c3ccc4nc(C5CCNCC5)ccc4n3)ncc2n1. The van der Waals surface area contributed by atoms with Gasteiger partial charge in [-0.3, -0.25) is 14.6 Å². The number of nitrogens with zero attached hydrogens (tertiary/aromatic N) is 5. The van der Waals surface area contributed by atoms with Crippen LogP contribution in [0.25, 0.3) is 33.3 Å². The van der Waals surface area contributed by atoms with Gasteiger partial charge in [-0.15, -0.1) is 0 Å². The van der Waals surface area contributed by atoms with Crippen molar-refractivity contribution in [1.82, 2.24) is 30.0 Å². The van der Waals surface area contributed by atoms with Crippen LogP contribution in [0.1, 0.15) is 24.5 Å². The lowest BCUT2D eigenvalue weighted by Gasteiger charge is -2.22. The fourth-order valence-electron chi connectivity index (χ4n) is 3.70. The third-order valence-electron chi connectivity index (χ3n) is 5.09. The molecule has 5 rings (SSSR count). The molecule has 1 fully saturated rings. The fraction of sp³-hybridized carbons (Fsp3) is 0.300. The Morgan fingerprint density at radius 2 is 1.77 bits per heavy atom. The smallest absolute Gasteiger partial charge is 0.111 e. The molecular weight excluding hydrogens is 324 g/mol. The first kappa shape index (κ1) is 15.4. The summed E-state index contributed by atoms with van der Waals surface area (Å²) < 4.78 is 1.80. The Balaban J connectivity index is 1.52. The number of nitrogens with one attached hydrogen (secondary N) is 1. The molecule has 0 radical (unpaired) electrons. The quantitative estimate of drug-likeness (QED) is 0.605. The van der Waals surface area contributed by atoms with Crippen LogP contribution < -0.4 is 5.32 Å². The van der Waals surface area contributed by atoms with Crippen molar-refractivity contribution < 1.29 is 0 Å². The lowest BCUT2D eigenvalue weighted by atomic mass is 9.94. The number of aryl methyl sites for hydroxylation is 1. The highest BCUT2D eigenvalue weighted by atomic mass is 15.2. The molecule has 130 valence electrons. The van der Waals surface area contributed by atoms with Gasteiger partial charge in [0.2, 0.25) is 0 Å². The number of hydrogen-bond acceptors (Lipinski definition) is 5. The lowest BCUT2D eigenvalue weighted by molar-refractivity contribution is 0.454. The van der Waals surface area contributed by atoms with Crippen LogP contribution in [-0.2, 0) is 7.05 Å². The third-order valence-corrected chi connectivity index (χ3v) is 5.09. The summed E-state index contributed by atoms with van der Waals surface area (Å²) in [5.41, 5.74) is 5.66. The molecule has 0 bridgehead atoms. The van der Waals surface area contributed by atoms with Crippen molar-refractivity contribution in [2.24, 2.45) is 7.05 Å². The van der Waals surface area contributed by atoms with Crippen molar-refractivity contribution in [3.05, 3.63) is 48.4 Å². The Morgan fingerprint density at radius 1 is 0.962 bits per heavy atom. The van der Waals surface area contributed by atoms with Gasteiger partial charge in [-0.05, 0) is 56.3 Å². The highest BCUT2D eigenvalue weighted by Gasteiger charge is 2.17. The van der Waals surface area contributed by atoms with E-state index in [9.17, 15) is 0 Å². The summed E-state index contributed by atoms with van der Waals surface area (Å²) in [7, 11) is 1.92. The first-order valence-corrected chi connectivity index (χ1v) is 9.04. The van der Waals surface area contributed by atoms with Gasteiger partial charge in [0.1, 0.15) is 5.52 Å². The van der Waals surface area contributed by atoms with Crippen LogP contribution in [0.4, 0.5) is 0 Å². The molecule has 1 saturated heterocycles. The van der Waals surface area contributed by atoms with Crippen LogP contribution in [-0.4, -0.2) is 37.8 Å². The van der Waals surface area contributed by atoms with E-state index in [0.29, 0.717) is 5.92 Å². The van der Waals surface area contributed by atoms with Gasteiger partial charge in [0.15, 0.2) is 0 Å². The van der Waals surface area contributed by atoms with Gasteiger partial charge in [0, 0.05) is 30.2 Å². The van der Waals surface area contributed by atoms with E-state index in [2.05, 4.69) is 33.6 Å². The lowest BCUT2D eigenvalue weighted by Crippen LogP contribution is -2.27. The maximum Gasteiger partial charge on any atom is 0.111 e. The number of aromatic nitrogens is 5. The van der Waals surface area contributed by atoms with Gasteiger partial charge in [0.05, 0.1) is 28.6 Å². The highest BCUT2D eigenvalue weighted by molar-refractivity contribution is 5.83.